The molecule has 0 aromatic heterocycles. The highest BCUT2D eigenvalue weighted by atomic mass is 16.5. The van der Waals surface area contributed by atoms with Crippen LogP contribution in [0.4, 0.5) is 0 Å². The van der Waals surface area contributed by atoms with Gasteiger partial charge in [0.15, 0.2) is 0 Å². The van der Waals surface area contributed by atoms with Crippen molar-refractivity contribution in [1.29, 1.82) is 0 Å². The molecule has 0 fully saturated rings. The SMILES string of the molecule is O=C(O)CN(CCN(CCN(CC(=O)O)C(COCc1ccccc1)C(=O)O)C(Cc1ccc(O)cc1)C(=O)O)C(COCc1ccccc1)C(=O)O. The largest absolute Gasteiger partial charge is 0.508 e. The monoisotopic (exact) mass is 739 g/mol. The van der Waals surface area contributed by atoms with E-state index in [1.165, 1.54) is 29.2 Å². The van der Waals surface area contributed by atoms with Gasteiger partial charge in [0.2, 0.25) is 0 Å². The molecule has 0 bridgehead atoms. The number of nitrogens with zero attached hydrogens (tertiary/aromatic N) is 3. The van der Waals surface area contributed by atoms with E-state index < -0.39 is 61.1 Å². The molecule has 3 atom stereocenters. The number of hydrogen-bond acceptors (Lipinski definition) is 11. The molecule has 6 N–H and O–H groups in total. The average Bonchev–Trinajstić information content (AvgIpc) is 3.11. The predicted octanol–water partition coefficient (Wildman–Crippen LogP) is 1.80. The lowest BCUT2D eigenvalue weighted by atomic mass is 10.0. The first-order valence-corrected chi connectivity index (χ1v) is 16.7. The van der Waals surface area contributed by atoms with Crippen LogP contribution < -0.4 is 0 Å². The van der Waals surface area contributed by atoms with Gasteiger partial charge in [0.1, 0.15) is 23.9 Å². The predicted molar refractivity (Wildman–Crippen MR) is 188 cm³/mol. The number of carboxylic acids is 5. The first kappa shape index (κ1) is 42.0. The van der Waals surface area contributed by atoms with Crippen molar-refractivity contribution >= 4 is 29.8 Å². The van der Waals surface area contributed by atoms with E-state index in [0.29, 0.717) is 5.56 Å². The van der Waals surface area contributed by atoms with E-state index in [-0.39, 0.29) is 64.8 Å². The molecule has 3 rings (SSSR count). The number of carboxylic acid groups (broad SMARTS) is 5. The Kier molecular flexibility index (Phi) is 17.3. The Labute approximate surface area is 306 Å². The minimum absolute atomic E-state index is 0.0468. The molecule has 0 aliphatic carbocycles. The van der Waals surface area contributed by atoms with Crippen molar-refractivity contribution in [3.8, 4) is 5.75 Å². The van der Waals surface area contributed by atoms with Crippen LogP contribution in [0.2, 0.25) is 0 Å². The molecule has 0 saturated carbocycles. The van der Waals surface area contributed by atoms with Crippen LogP contribution in [-0.2, 0) is 53.1 Å². The lowest BCUT2D eigenvalue weighted by Gasteiger charge is -2.35. The molecule has 0 aliphatic rings. The molecule has 0 heterocycles. The summed E-state index contributed by atoms with van der Waals surface area (Å²) in [6, 6.07) is 19.5. The summed E-state index contributed by atoms with van der Waals surface area (Å²) in [7, 11) is 0. The normalized spacial score (nSPS) is 13.1. The van der Waals surface area contributed by atoms with Crippen LogP contribution in [0.1, 0.15) is 16.7 Å². The van der Waals surface area contributed by atoms with E-state index in [9.17, 15) is 54.6 Å². The number of benzene rings is 3. The van der Waals surface area contributed by atoms with Crippen LogP contribution in [0.5, 0.6) is 5.75 Å². The van der Waals surface area contributed by atoms with Gasteiger partial charge in [-0.25, -0.2) is 0 Å². The lowest BCUT2D eigenvalue weighted by Crippen LogP contribution is -2.54. The van der Waals surface area contributed by atoms with Gasteiger partial charge < -0.3 is 40.1 Å². The van der Waals surface area contributed by atoms with Crippen molar-refractivity contribution in [3.63, 3.8) is 0 Å². The van der Waals surface area contributed by atoms with Gasteiger partial charge >= 0.3 is 29.8 Å². The first-order chi connectivity index (χ1) is 25.3. The molecule has 53 heavy (non-hydrogen) atoms. The number of ether oxygens (including phenoxy) is 2. The molecule has 3 unspecified atom stereocenters. The molecular weight excluding hydrogens is 694 g/mol. The summed E-state index contributed by atoms with van der Waals surface area (Å²) >= 11 is 0. The smallest absolute Gasteiger partial charge is 0.323 e. The zero-order valence-corrected chi connectivity index (χ0v) is 29.0. The fourth-order valence-corrected chi connectivity index (χ4v) is 5.59. The van der Waals surface area contributed by atoms with Crippen LogP contribution in [0, 0.1) is 0 Å². The molecule has 0 aliphatic heterocycles. The van der Waals surface area contributed by atoms with Gasteiger partial charge in [-0.2, -0.15) is 0 Å². The van der Waals surface area contributed by atoms with Crippen molar-refractivity contribution in [1.82, 2.24) is 14.7 Å². The van der Waals surface area contributed by atoms with Crippen molar-refractivity contribution in [2.45, 2.75) is 37.8 Å². The Balaban J connectivity index is 1.87. The molecule has 0 amide bonds. The summed E-state index contributed by atoms with van der Waals surface area (Å²) in [6.45, 7) is -3.05. The van der Waals surface area contributed by atoms with E-state index in [2.05, 4.69) is 0 Å². The Hall–Kier alpha value is -5.39. The Bertz CT molecular complexity index is 1520. The number of aliphatic carboxylic acids is 5. The van der Waals surface area contributed by atoms with E-state index in [4.69, 9.17) is 9.47 Å². The summed E-state index contributed by atoms with van der Waals surface area (Å²) in [6.07, 6.45) is -0.113. The van der Waals surface area contributed by atoms with Crippen LogP contribution in [0.25, 0.3) is 0 Å². The maximum absolute atomic E-state index is 12.8. The highest BCUT2D eigenvalue weighted by Gasteiger charge is 2.33. The third kappa shape index (κ3) is 15.0. The minimum atomic E-state index is -1.43. The van der Waals surface area contributed by atoms with Gasteiger partial charge in [0, 0.05) is 26.2 Å². The van der Waals surface area contributed by atoms with Gasteiger partial charge in [-0.05, 0) is 35.2 Å². The number of rotatable bonds is 26. The number of carbonyl (C=O) groups is 5. The van der Waals surface area contributed by atoms with Crippen LogP contribution in [0.3, 0.4) is 0 Å². The Morgan fingerprint density at radius 3 is 1.23 bits per heavy atom. The molecule has 16 nitrogen and oxygen atoms in total. The first-order valence-electron chi connectivity index (χ1n) is 16.7. The zero-order valence-electron chi connectivity index (χ0n) is 29.0. The maximum Gasteiger partial charge on any atom is 0.323 e. The molecule has 3 aromatic rings. The molecule has 3 aromatic carbocycles. The van der Waals surface area contributed by atoms with Crippen molar-refractivity contribution in [3.05, 3.63) is 102 Å². The Morgan fingerprint density at radius 2 is 0.868 bits per heavy atom. The van der Waals surface area contributed by atoms with E-state index >= 15 is 0 Å². The topological polar surface area (TPSA) is 235 Å². The summed E-state index contributed by atoms with van der Waals surface area (Å²) in [4.78, 5) is 65.0. The van der Waals surface area contributed by atoms with Crippen molar-refractivity contribution in [2.75, 3.05) is 52.5 Å². The summed E-state index contributed by atoms with van der Waals surface area (Å²) in [5, 5.41) is 59.6. The minimum Gasteiger partial charge on any atom is -0.508 e. The second-order valence-electron chi connectivity index (χ2n) is 12.2. The highest BCUT2D eigenvalue weighted by molar-refractivity contribution is 5.76. The number of phenolic OH excluding ortho intramolecular Hbond substituents is 1. The van der Waals surface area contributed by atoms with E-state index in [1.54, 1.807) is 60.7 Å². The molecule has 0 spiro atoms. The van der Waals surface area contributed by atoms with Gasteiger partial charge in [-0.15, -0.1) is 0 Å². The second-order valence-corrected chi connectivity index (χ2v) is 12.2. The van der Waals surface area contributed by atoms with Crippen LogP contribution >= 0.6 is 0 Å². The summed E-state index contributed by atoms with van der Waals surface area (Å²) < 4.78 is 11.3. The molecule has 286 valence electrons. The van der Waals surface area contributed by atoms with Crippen LogP contribution in [0.15, 0.2) is 84.9 Å². The zero-order chi connectivity index (χ0) is 38.8. The summed E-state index contributed by atoms with van der Waals surface area (Å²) in [5.74, 6) is -6.74. The standard InChI is InChI=1S/C37H45N3O13/c41-29-13-11-26(12-14-29)19-30(35(46)47)38(15-17-39(20-33(42)43)31(36(48)49)24-52-22-27-7-3-1-4-8-27)16-18-40(21-34(44)45)32(37(50)51)25-53-23-28-9-5-2-6-10-28/h1-14,30-32,41H,15-25H2,(H,42,43)(H,44,45)(H,46,47)(H,48,49)(H,50,51). The molecule has 16 heteroatoms. The lowest BCUT2D eigenvalue weighted by molar-refractivity contribution is -0.150. The van der Waals surface area contributed by atoms with E-state index in [1.807, 2.05) is 0 Å². The second kappa shape index (κ2) is 21.9. The third-order valence-electron chi connectivity index (χ3n) is 8.34. The fourth-order valence-electron chi connectivity index (χ4n) is 5.59. The van der Waals surface area contributed by atoms with Crippen LogP contribution in [-0.4, -0.2) is 146 Å². The van der Waals surface area contributed by atoms with E-state index in [0.717, 1.165) is 20.9 Å². The molecular formula is C37H45N3O13. The summed E-state index contributed by atoms with van der Waals surface area (Å²) in [5.41, 5.74) is 2.05. The van der Waals surface area contributed by atoms with Crippen molar-refractivity contribution < 1.29 is 64.1 Å². The molecule has 0 saturated heterocycles. The van der Waals surface area contributed by atoms with Gasteiger partial charge in [-0.1, -0.05) is 72.8 Å². The van der Waals surface area contributed by atoms with Gasteiger partial charge in [-0.3, -0.25) is 38.7 Å². The third-order valence-corrected chi connectivity index (χ3v) is 8.34. The fraction of sp³-hybridized carbons (Fsp3) is 0.378. The maximum atomic E-state index is 12.8. The number of hydrogen-bond donors (Lipinski definition) is 6. The number of phenols is 1. The average molecular weight is 740 g/mol. The highest BCUT2D eigenvalue weighted by Crippen LogP contribution is 2.16. The Morgan fingerprint density at radius 1 is 0.491 bits per heavy atom. The molecule has 0 radical (unpaired) electrons. The van der Waals surface area contributed by atoms with Gasteiger partial charge in [0.05, 0.1) is 39.5 Å². The number of aromatic hydroxyl groups is 1. The van der Waals surface area contributed by atoms with Gasteiger partial charge in [0.25, 0.3) is 0 Å². The van der Waals surface area contributed by atoms with Crippen molar-refractivity contribution in [2.24, 2.45) is 0 Å². The quantitative estimate of drug-likeness (QED) is 0.0689.